The first-order chi connectivity index (χ1) is 9.77. The molecule has 1 atom stereocenters. The van der Waals surface area contributed by atoms with E-state index in [0.29, 0.717) is 10.6 Å². The van der Waals surface area contributed by atoms with Crippen LogP contribution < -0.4 is 11.3 Å². The minimum absolute atomic E-state index is 0.0899. The fraction of sp³-hybridized carbons (Fsp3) is 0.385. The molecule has 0 fully saturated rings. The van der Waals surface area contributed by atoms with Gasteiger partial charge in [0.25, 0.3) is 0 Å². The fourth-order valence-electron chi connectivity index (χ4n) is 1.98. The molecule has 2 rings (SSSR count). The monoisotopic (exact) mass is 316 g/mol. The summed E-state index contributed by atoms with van der Waals surface area (Å²) in [5.41, 5.74) is 2.62. The first kappa shape index (κ1) is 15.9. The Balaban J connectivity index is 2.56. The zero-order valence-electron chi connectivity index (χ0n) is 11.7. The summed E-state index contributed by atoms with van der Waals surface area (Å²) in [6.07, 6.45) is 0. The number of halogens is 3. The number of hydrazine groups is 1. The van der Waals surface area contributed by atoms with Gasteiger partial charge in [0.15, 0.2) is 17.5 Å². The average Bonchev–Trinajstić information content (AvgIpc) is 2.89. The molecule has 1 heterocycles. The number of nitrogens with zero attached hydrogens (tertiary/aromatic N) is 2. The van der Waals surface area contributed by atoms with Crippen molar-refractivity contribution in [2.24, 2.45) is 5.84 Å². The number of hydrogen-bond acceptors (Lipinski definition) is 5. The van der Waals surface area contributed by atoms with Crippen LogP contribution in [-0.4, -0.2) is 9.59 Å². The second kappa shape index (κ2) is 5.70. The lowest BCUT2D eigenvalue weighted by Crippen LogP contribution is -2.31. The van der Waals surface area contributed by atoms with Crippen LogP contribution in [0.1, 0.15) is 42.9 Å². The summed E-state index contributed by atoms with van der Waals surface area (Å²) in [5.74, 6) is 1.44. The van der Waals surface area contributed by atoms with Crippen molar-refractivity contribution in [3.05, 3.63) is 45.7 Å². The van der Waals surface area contributed by atoms with Crippen LogP contribution in [-0.2, 0) is 5.41 Å². The molecule has 4 nitrogen and oxygen atoms in total. The molecule has 1 aromatic carbocycles. The predicted octanol–water partition coefficient (Wildman–Crippen LogP) is 2.81. The van der Waals surface area contributed by atoms with E-state index in [1.54, 1.807) is 0 Å². The summed E-state index contributed by atoms with van der Waals surface area (Å²) >= 11 is 1.04. The standard InChI is InChI=1S/C13H15F3N4S/c1-13(2,3)12-11(21-20-19-12)10(18-17)6-4-5-7(14)9(16)8(6)15/h4-5,10,18H,17H2,1-3H3. The molecule has 0 bridgehead atoms. The third-order valence-corrected chi connectivity index (χ3v) is 3.82. The molecule has 21 heavy (non-hydrogen) atoms. The molecule has 0 aliphatic rings. The highest BCUT2D eigenvalue weighted by atomic mass is 32.1. The molecule has 114 valence electrons. The molecule has 0 amide bonds. The van der Waals surface area contributed by atoms with E-state index < -0.39 is 23.5 Å². The lowest BCUT2D eigenvalue weighted by atomic mass is 9.89. The molecular formula is C13H15F3N4S. The zero-order chi connectivity index (χ0) is 15.8. The van der Waals surface area contributed by atoms with E-state index in [1.165, 1.54) is 0 Å². The minimum atomic E-state index is -1.53. The summed E-state index contributed by atoms with van der Waals surface area (Å²) < 4.78 is 44.3. The second-order valence-corrected chi connectivity index (χ2v) is 6.39. The van der Waals surface area contributed by atoms with E-state index in [4.69, 9.17) is 5.84 Å². The third-order valence-electron chi connectivity index (χ3n) is 3.03. The summed E-state index contributed by atoms with van der Waals surface area (Å²) in [4.78, 5) is 0.565. The van der Waals surface area contributed by atoms with Crippen LogP contribution >= 0.6 is 11.5 Å². The van der Waals surface area contributed by atoms with Gasteiger partial charge in [-0.2, -0.15) is 0 Å². The SMILES string of the molecule is CC(C)(C)c1nnsc1C(NN)c1ccc(F)c(F)c1F. The number of rotatable bonds is 3. The van der Waals surface area contributed by atoms with Crippen molar-refractivity contribution in [2.75, 3.05) is 0 Å². The lowest BCUT2D eigenvalue weighted by molar-refractivity contribution is 0.432. The van der Waals surface area contributed by atoms with Gasteiger partial charge in [0, 0.05) is 11.0 Å². The normalized spacial score (nSPS) is 13.5. The zero-order valence-corrected chi connectivity index (χ0v) is 12.6. The Kier molecular flexibility index (Phi) is 4.31. The van der Waals surface area contributed by atoms with Crippen molar-refractivity contribution < 1.29 is 13.2 Å². The summed E-state index contributed by atoms with van der Waals surface area (Å²) in [7, 11) is 0. The maximum Gasteiger partial charge on any atom is 0.194 e. The first-order valence-electron chi connectivity index (χ1n) is 6.19. The van der Waals surface area contributed by atoms with Gasteiger partial charge in [0.2, 0.25) is 0 Å². The largest absolute Gasteiger partial charge is 0.271 e. The molecule has 0 spiro atoms. The molecule has 0 saturated carbocycles. The average molecular weight is 316 g/mol. The quantitative estimate of drug-likeness (QED) is 0.519. The Morgan fingerprint density at radius 2 is 1.86 bits per heavy atom. The van der Waals surface area contributed by atoms with Crippen molar-refractivity contribution in [1.82, 2.24) is 15.0 Å². The molecule has 1 aromatic heterocycles. The Hall–Kier alpha value is -1.51. The van der Waals surface area contributed by atoms with E-state index in [0.717, 1.165) is 23.7 Å². The van der Waals surface area contributed by atoms with Gasteiger partial charge >= 0.3 is 0 Å². The molecule has 0 saturated heterocycles. The summed E-state index contributed by atoms with van der Waals surface area (Å²) in [6, 6.07) is 1.17. The van der Waals surface area contributed by atoms with Crippen LogP contribution in [0, 0.1) is 17.5 Å². The van der Waals surface area contributed by atoms with Gasteiger partial charge in [0.05, 0.1) is 16.6 Å². The molecule has 8 heteroatoms. The molecule has 3 N–H and O–H groups in total. The van der Waals surface area contributed by atoms with E-state index in [9.17, 15) is 13.2 Å². The van der Waals surface area contributed by atoms with Gasteiger partial charge in [0.1, 0.15) is 0 Å². The van der Waals surface area contributed by atoms with E-state index >= 15 is 0 Å². The molecule has 0 aliphatic carbocycles. The number of aromatic nitrogens is 2. The van der Waals surface area contributed by atoms with Crippen molar-refractivity contribution >= 4 is 11.5 Å². The molecule has 2 aromatic rings. The van der Waals surface area contributed by atoms with E-state index in [-0.39, 0.29) is 11.0 Å². The lowest BCUT2D eigenvalue weighted by Gasteiger charge is -2.22. The van der Waals surface area contributed by atoms with E-state index in [2.05, 4.69) is 15.0 Å². The van der Waals surface area contributed by atoms with Gasteiger partial charge in [-0.05, 0) is 17.6 Å². The number of hydrogen-bond donors (Lipinski definition) is 2. The fourth-order valence-corrected chi connectivity index (χ4v) is 2.92. The first-order valence-corrected chi connectivity index (χ1v) is 6.97. The second-order valence-electron chi connectivity index (χ2n) is 5.60. The molecule has 0 aliphatic heterocycles. The highest BCUT2D eigenvalue weighted by molar-refractivity contribution is 7.05. The van der Waals surface area contributed by atoms with Gasteiger partial charge < -0.3 is 0 Å². The highest BCUT2D eigenvalue weighted by Gasteiger charge is 2.30. The number of benzene rings is 1. The van der Waals surface area contributed by atoms with Crippen LogP contribution in [0.2, 0.25) is 0 Å². The highest BCUT2D eigenvalue weighted by Crippen LogP contribution is 2.34. The van der Waals surface area contributed by atoms with Crippen molar-refractivity contribution in [2.45, 2.75) is 32.2 Å². The maximum absolute atomic E-state index is 14.0. The van der Waals surface area contributed by atoms with Crippen LogP contribution in [0.3, 0.4) is 0 Å². The van der Waals surface area contributed by atoms with Crippen LogP contribution in [0.5, 0.6) is 0 Å². The van der Waals surface area contributed by atoms with Crippen LogP contribution in [0.4, 0.5) is 13.2 Å². The van der Waals surface area contributed by atoms with Gasteiger partial charge in [-0.1, -0.05) is 31.3 Å². The van der Waals surface area contributed by atoms with E-state index in [1.807, 2.05) is 20.8 Å². The van der Waals surface area contributed by atoms with Crippen molar-refractivity contribution in [3.63, 3.8) is 0 Å². The third kappa shape index (κ3) is 2.92. The Morgan fingerprint density at radius 1 is 1.19 bits per heavy atom. The Labute approximate surface area is 124 Å². The van der Waals surface area contributed by atoms with Crippen LogP contribution in [0.25, 0.3) is 0 Å². The molecular weight excluding hydrogens is 301 g/mol. The Morgan fingerprint density at radius 3 is 2.43 bits per heavy atom. The predicted molar refractivity (Wildman–Crippen MR) is 74.1 cm³/mol. The number of nitrogens with two attached hydrogens (primary N) is 1. The van der Waals surface area contributed by atoms with Crippen molar-refractivity contribution in [1.29, 1.82) is 0 Å². The number of nitrogens with one attached hydrogen (secondary N) is 1. The van der Waals surface area contributed by atoms with Crippen LogP contribution in [0.15, 0.2) is 12.1 Å². The Bertz CT molecular complexity index is 651. The van der Waals surface area contributed by atoms with Gasteiger partial charge in [-0.3, -0.25) is 5.84 Å². The minimum Gasteiger partial charge on any atom is -0.271 e. The van der Waals surface area contributed by atoms with Gasteiger partial charge in [-0.15, -0.1) is 5.10 Å². The molecule has 1 unspecified atom stereocenters. The van der Waals surface area contributed by atoms with Gasteiger partial charge in [-0.25, -0.2) is 18.6 Å². The molecule has 0 radical (unpaired) electrons. The summed E-state index contributed by atoms with van der Waals surface area (Å²) in [6.45, 7) is 5.76. The van der Waals surface area contributed by atoms with Crippen molar-refractivity contribution in [3.8, 4) is 0 Å². The summed E-state index contributed by atoms with van der Waals surface area (Å²) in [5, 5.41) is 4.03. The topological polar surface area (TPSA) is 63.8 Å². The smallest absolute Gasteiger partial charge is 0.194 e. The maximum atomic E-state index is 14.0.